The van der Waals surface area contributed by atoms with Gasteiger partial charge in [0.25, 0.3) is 11.5 Å². The third kappa shape index (κ3) is 3.94. The van der Waals surface area contributed by atoms with Gasteiger partial charge in [-0.15, -0.1) is 0 Å². The summed E-state index contributed by atoms with van der Waals surface area (Å²) in [6, 6.07) is 14.3. The van der Waals surface area contributed by atoms with Crippen molar-refractivity contribution in [2.45, 2.75) is 37.8 Å². The number of carbonyl (C=O) groups excluding carboxylic acids is 2. The number of nitrogens with one attached hydrogen (secondary N) is 1. The van der Waals surface area contributed by atoms with Crippen LogP contribution in [0.25, 0.3) is 21.8 Å². The van der Waals surface area contributed by atoms with Crippen LogP contribution in [0.4, 0.5) is 0 Å². The maximum Gasteiger partial charge on any atom is 0.288 e. The van der Waals surface area contributed by atoms with E-state index in [1.54, 1.807) is 29.2 Å². The molecular weight excluding hydrogens is 456 g/mol. The number of rotatable bonds is 5. The Labute approximate surface area is 199 Å². The van der Waals surface area contributed by atoms with Gasteiger partial charge >= 0.3 is 0 Å². The summed E-state index contributed by atoms with van der Waals surface area (Å²) in [5, 5.41) is 7.94. The number of primary amides is 1. The fraction of sp³-hybridized carbons (Fsp3) is 0.240. The summed E-state index contributed by atoms with van der Waals surface area (Å²) >= 11 is 6.49. The van der Waals surface area contributed by atoms with Gasteiger partial charge in [-0.2, -0.15) is 0 Å². The number of aromatic nitrogens is 2. The fourth-order valence-electron chi connectivity index (χ4n) is 4.84. The van der Waals surface area contributed by atoms with Crippen molar-refractivity contribution in [1.29, 1.82) is 0 Å². The van der Waals surface area contributed by atoms with Crippen LogP contribution in [0.2, 0.25) is 5.02 Å². The van der Waals surface area contributed by atoms with E-state index in [2.05, 4.69) is 10.5 Å². The average Bonchev–Trinajstić information content (AvgIpc) is 3.26. The van der Waals surface area contributed by atoms with Gasteiger partial charge in [0, 0.05) is 17.5 Å². The van der Waals surface area contributed by atoms with Gasteiger partial charge in [-0.3, -0.25) is 14.4 Å². The maximum absolute atomic E-state index is 13.6. The quantitative estimate of drug-likeness (QED) is 0.453. The number of nitrogens with zero attached hydrogens (tertiary/aromatic N) is 2. The summed E-state index contributed by atoms with van der Waals surface area (Å²) in [7, 11) is 0. The van der Waals surface area contributed by atoms with Crippen LogP contribution in [0.5, 0.6) is 0 Å². The summed E-state index contributed by atoms with van der Waals surface area (Å²) in [5.41, 5.74) is 6.67. The van der Waals surface area contributed by atoms with Gasteiger partial charge in [0.1, 0.15) is 10.9 Å². The van der Waals surface area contributed by atoms with Gasteiger partial charge in [-0.25, -0.2) is 0 Å². The third-order valence-corrected chi connectivity index (χ3v) is 6.61. The Balaban J connectivity index is 1.52. The Hall–Kier alpha value is -3.65. The van der Waals surface area contributed by atoms with Crippen LogP contribution in [-0.2, 0) is 4.79 Å². The summed E-state index contributed by atoms with van der Waals surface area (Å²) in [6.45, 7) is 0. The van der Waals surface area contributed by atoms with Crippen molar-refractivity contribution in [2.24, 2.45) is 5.73 Å². The first-order valence-electron chi connectivity index (χ1n) is 11.1. The zero-order valence-corrected chi connectivity index (χ0v) is 18.9. The number of amides is 2. The Morgan fingerprint density at radius 3 is 2.68 bits per heavy atom. The molecule has 1 aliphatic rings. The molecule has 2 aromatic carbocycles. The van der Waals surface area contributed by atoms with Crippen molar-refractivity contribution < 1.29 is 14.1 Å². The van der Waals surface area contributed by atoms with E-state index in [0.29, 0.717) is 22.3 Å². The third-order valence-electron chi connectivity index (χ3n) is 6.29. The predicted molar refractivity (Wildman–Crippen MR) is 129 cm³/mol. The molecule has 0 bridgehead atoms. The van der Waals surface area contributed by atoms with E-state index in [9.17, 15) is 14.4 Å². The van der Waals surface area contributed by atoms with Crippen molar-refractivity contribution in [1.82, 2.24) is 15.0 Å². The first-order valence-corrected chi connectivity index (χ1v) is 11.4. The second-order valence-corrected chi connectivity index (χ2v) is 8.90. The molecule has 34 heavy (non-hydrogen) atoms. The molecule has 1 saturated carbocycles. The van der Waals surface area contributed by atoms with Crippen LogP contribution in [0.3, 0.4) is 0 Å². The Kier molecular flexibility index (Phi) is 5.83. The molecule has 2 aromatic heterocycles. The maximum atomic E-state index is 13.6. The summed E-state index contributed by atoms with van der Waals surface area (Å²) in [4.78, 5) is 38.1. The van der Waals surface area contributed by atoms with Gasteiger partial charge in [0.15, 0.2) is 0 Å². The molecule has 1 fully saturated rings. The highest BCUT2D eigenvalue weighted by molar-refractivity contribution is 6.37. The van der Waals surface area contributed by atoms with Gasteiger partial charge in [-0.1, -0.05) is 53.2 Å². The molecule has 2 atom stereocenters. The molecule has 2 heterocycles. The molecule has 8 nitrogen and oxygen atoms in total. The summed E-state index contributed by atoms with van der Waals surface area (Å²) in [6.07, 6.45) is 4.48. The van der Waals surface area contributed by atoms with E-state index in [4.69, 9.17) is 21.9 Å². The Morgan fingerprint density at radius 2 is 1.91 bits per heavy atom. The van der Waals surface area contributed by atoms with E-state index in [1.165, 1.54) is 0 Å². The van der Waals surface area contributed by atoms with Gasteiger partial charge < -0.3 is 20.1 Å². The topological polar surface area (TPSA) is 120 Å². The van der Waals surface area contributed by atoms with Gasteiger partial charge in [0.05, 0.1) is 17.0 Å². The lowest BCUT2D eigenvalue weighted by atomic mass is 9.90. The summed E-state index contributed by atoms with van der Waals surface area (Å²) in [5.74, 6) is -1.33. The SMILES string of the molecule is NC(=O)c1onc2c1c(=O)n(C1CCCC(NC(=O)[CH]c3ccccc3)C1)c1cccc(Cl)c21. The van der Waals surface area contributed by atoms with E-state index < -0.39 is 11.5 Å². The molecule has 3 N–H and O–H groups in total. The summed E-state index contributed by atoms with van der Waals surface area (Å²) < 4.78 is 6.78. The number of carbonyl (C=O) groups is 2. The second-order valence-electron chi connectivity index (χ2n) is 8.49. The van der Waals surface area contributed by atoms with Crippen LogP contribution in [0, 0.1) is 6.42 Å². The lowest BCUT2D eigenvalue weighted by Gasteiger charge is -2.32. The Morgan fingerprint density at radius 1 is 1.12 bits per heavy atom. The first-order chi connectivity index (χ1) is 16.4. The zero-order chi connectivity index (χ0) is 23.8. The largest absolute Gasteiger partial charge is 0.363 e. The smallest absolute Gasteiger partial charge is 0.288 e. The molecule has 5 rings (SSSR count). The van der Waals surface area contributed by atoms with E-state index in [0.717, 1.165) is 24.8 Å². The standard InChI is InChI=1S/C25H22ClN4O4/c26-17-10-5-11-18-20(17)22-21(23(24(27)32)34-29-22)25(33)30(18)16-9-4-8-15(13-16)28-19(31)12-14-6-2-1-3-7-14/h1-3,5-7,10-12,15-16H,4,8-9,13H2,(H2,27,32)(H,28,31). The molecule has 9 heteroatoms. The highest BCUT2D eigenvalue weighted by atomic mass is 35.5. The minimum Gasteiger partial charge on any atom is -0.363 e. The number of benzene rings is 2. The number of nitrogens with two attached hydrogens (primary N) is 1. The van der Waals surface area contributed by atoms with Crippen LogP contribution in [-0.4, -0.2) is 27.6 Å². The van der Waals surface area contributed by atoms with Crippen molar-refractivity contribution in [3.63, 3.8) is 0 Å². The number of hydrogen-bond donors (Lipinski definition) is 2. The molecule has 2 amide bonds. The molecule has 2 unspecified atom stereocenters. The van der Waals surface area contributed by atoms with Crippen molar-refractivity contribution in [3.8, 4) is 0 Å². The number of fused-ring (bicyclic) bond motifs is 3. The van der Waals surface area contributed by atoms with Gasteiger partial charge in [0.2, 0.25) is 11.7 Å². The van der Waals surface area contributed by atoms with E-state index in [1.807, 2.05) is 30.3 Å². The predicted octanol–water partition coefficient (Wildman–Crippen LogP) is 3.75. The van der Waals surface area contributed by atoms with Crippen molar-refractivity contribution in [3.05, 3.63) is 81.7 Å². The molecular formula is C25H22ClN4O4. The van der Waals surface area contributed by atoms with Crippen LogP contribution in [0.1, 0.15) is 47.8 Å². The molecule has 1 aliphatic carbocycles. The second kappa shape index (κ2) is 8.95. The monoisotopic (exact) mass is 477 g/mol. The Bertz CT molecular complexity index is 1460. The van der Waals surface area contributed by atoms with Crippen LogP contribution in [0.15, 0.2) is 57.8 Å². The number of pyridine rings is 1. The lowest BCUT2D eigenvalue weighted by molar-refractivity contribution is -0.118. The zero-order valence-electron chi connectivity index (χ0n) is 18.2. The van der Waals surface area contributed by atoms with Crippen molar-refractivity contribution in [2.75, 3.05) is 0 Å². The van der Waals surface area contributed by atoms with E-state index in [-0.39, 0.29) is 34.7 Å². The minimum absolute atomic E-state index is 0.0247. The number of hydrogen-bond acceptors (Lipinski definition) is 5. The highest BCUT2D eigenvalue weighted by Crippen LogP contribution is 2.35. The highest BCUT2D eigenvalue weighted by Gasteiger charge is 2.30. The first kappa shape index (κ1) is 22.2. The average molecular weight is 478 g/mol. The normalized spacial score (nSPS) is 18.3. The van der Waals surface area contributed by atoms with Crippen LogP contribution < -0.4 is 16.6 Å². The van der Waals surface area contributed by atoms with Crippen molar-refractivity contribution >= 4 is 45.2 Å². The van der Waals surface area contributed by atoms with Gasteiger partial charge in [-0.05, 0) is 43.4 Å². The lowest BCUT2D eigenvalue weighted by Crippen LogP contribution is -2.40. The van der Waals surface area contributed by atoms with E-state index >= 15 is 0 Å². The number of halogens is 1. The molecule has 0 spiro atoms. The molecule has 1 radical (unpaired) electrons. The minimum atomic E-state index is -0.872. The molecule has 173 valence electrons. The molecule has 0 saturated heterocycles. The van der Waals surface area contributed by atoms with Crippen LogP contribution >= 0.6 is 11.6 Å². The molecule has 0 aliphatic heterocycles. The fourth-order valence-corrected chi connectivity index (χ4v) is 5.10. The molecule has 4 aromatic rings.